The standard InChI is InChI=1S/C15H19N3O2S2/c1-3-13(22-15-16-8-9-21-15)14(20)18-12-6-4-11(5-7-12)17-10(2)19/h4-7,13H,3,8-9H2,1-2H3,(H,17,19)(H,18,20)/t13-/m0/s1. The molecule has 22 heavy (non-hydrogen) atoms. The van der Waals surface area contributed by atoms with Gasteiger partial charge in [0.25, 0.3) is 0 Å². The zero-order chi connectivity index (χ0) is 15.9. The molecule has 1 heterocycles. The van der Waals surface area contributed by atoms with E-state index < -0.39 is 0 Å². The summed E-state index contributed by atoms with van der Waals surface area (Å²) in [6.45, 7) is 4.30. The molecule has 0 fully saturated rings. The molecule has 0 aliphatic carbocycles. The number of carbonyl (C=O) groups is 2. The fourth-order valence-electron chi connectivity index (χ4n) is 1.89. The Morgan fingerprint density at radius 1 is 1.27 bits per heavy atom. The Balaban J connectivity index is 1.92. The van der Waals surface area contributed by atoms with Crippen molar-refractivity contribution in [2.45, 2.75) is 25.5 Å². The van der Waals surface area contributed by atoms with Crippen LogP contribution in [0.25, 0.3) is 0 Å². The largest absolute Gasteiger partial charge is 0.326 e. The van der Waals surface area contributed by atoms with Crippen molar-refractivity contribution in [1.29, 1.82) is 0 Å². The van der Waals surface area contributed by atoms with Gasteiger partial charge in [0.1, 0.15) is 4.38 Å². The molecule has 0 saturated heterocycles. The predicted molar refractivity (Wildman–Crippen MR) is 95.8 cm³/mol. The quantitative estimate of drug-likeness (QED) is 0.865. The van der Waals surface area contributed by atoms with Gasteiger partial charge in [0.05, 0.1) is 11.8 Å². The van der Waals surface area contributed by atoms with Crippen LogP contribution >= 0.6 is 23.5 Å². The Morgan fingerprint density at radius 3 is 2.41 bits per heavy atom. The lowest BCUT2D eigenvalue weighted by atomic mass is 10.2. The highest BCUT2D eigenvalue weighted by molar-refractivity contribution is 8.39. The molecule has 0 spiro atoms. The molecule has 2 rings (SSSR count). The van der Waals surface area contributed by atoms with Gasteiger partial charge in [-0.05, 0) is 30.7 Å². The topological polar surface area (TPSA) is 70.6 Å². The minimum Gasteiger partial charge on any atom is -0.326 e. The molecule has 0 aromatic heterocycles. The van der Waals surface area contributed by atoms with E-state index in [0.717, 1.165) is 28.8 Å². The number of amides is 2. The molecule has 0 bridgehead atoms. The molecule has 7 heteroatoms. The fraction of sp³-hybridized carbons (Fsp3) is 0.400. The van der Waals surface area contributed by atoms with Gasteiger partial charge in [0.15, 0.2) is 0 Å². The van der Waals surface area contributed by atoms with E-state index in [0.29, 0.717) is 5.69 Å². The molecule has 118 valence electrons. The SMILES string of the molecule is CC[C@H](SC1=NCCS1)C(=O)Nc1ccc(NC(C)=O)cc1. The van der Waals surface area contributed by atoms with Crippen LogP contribution in [0.15, 0.2) is 29.3 Å². The Morgan fingerprint density at radius 2 is 1.91 bits per heavy atom. The fourth-order valence-corrected chi connectivity index (χ4v) is 4.05. The van der Waals surface area contributed by atoms with E-state index in [2.05, 4.69) is 15.6 Å². The van der Waals surface area contributed by atoms with Gasteiger partial charge in [0, 0.05) is 24.1 Å². The predicted octanol–water partition coefficient (Wildman–Crippen LogP) is 3.20. The van der Waals surface area contributed by atoms with Gasteiger partial charge in [-0.1, -0.05) is 30.4 Å². The van der Waals surface area contributed by atoms with Crippen LogP contribution in [0.2, 0.25) is 0 Å². The molecule has 0 saturated carbocycles. The summed E-state index contributed by atoms with van der Waals surface area (Å²) in [4.78, 5) is 27.7. The van der Waals surface area contributed by atoms with Crippen LogP contribution in [0, 0.1) is 0 Å². The number of benzene rings is 1. The highest BCUT2D eigenvalue weighted by Gasteiger charge is 2.21. The van der Waals surface area contributed by atoms with E-state index in [1.54, 1.807) is 36.0 Å². The number of nitrogens with zero attached hydrogens (tertiary/aromatic N) is 1. The Kier molecular flexibility index (Phi) is 6.33. The lowest BCUT2D eigenvalue weighted by Crippen LogP contribution is -2.25. The molecular weight excluding hydrogens is 318 g/mol. The summed E-state index contributed by atoms with van der Waals surface area (Å²) < 4.78 is 1.00. The van der Waals surface area contributed by atoms with Crippen LogP contribution in [0.1, 0.15) is 20.3 Å². The van der Waals surface area contributed by atoms with Crippen LogP contribution in [-0.2, 0) is 9.59 Å². The van der Waals surface area contributed by atoms with E-state index in [1.807, 2.05) is 6.92 Å². The van der Waals surface area contributed by atoms with Crippen molar-refractivity contribution >= 4 is 51.1 Å². The summed E-state index contributed by atoms with van der Waals surface area (Å²) in [5.74, 6) is 0.870. The first-order valence-electron chi connectivity index (χ1n) is 7.11. The molecule has 1 aliphatic rings. The molecule has 0 radical (unpaired) electrons. The molecule has 1 aromatic rings. The highest BCUT2D eigenvalue weighted by Crippen LogP contribution is 2.28. The third-order valence-corrected chi connectivity index (χ3v) is 5.50. The number of thioether (sulfide) groups is 2. The van der Waals surface area contributed by atoms with Crippen molar-refractivity contribution in [1.82, 2.24) is 0 Å². The number of carbonyl (C=O) groups excluding carboxylic acids is 2. The van der Waals surface area contributed by atoms with Crippen LogP contribution in [-0.4, -0.2) is 33.7 Å². The lowest BCUT2D eigenvalue weighted by Gasteiger charge is -2.14. The minimum atomic E-state index is -0.139. The maximum Gasteiger partial charge on any atom is 0.237 e. The molecular formula is C15H19N3O2S2. The van der Waals surface area contributed by atoms with Crippen molar-refractivity contribution in [2.75, 3.05) is 22.9 Å². The number of hydrogen-bond acceptors (Lipinski definition) is 5. The lowest BCUT2D eigenvalue weighted by molar-refractivity contribution is -0.116. The molecule has 1 atom stereocenters. The van der Waals surface area contributed by atoms with Crippen molar-refractivity contribution in [3.8, 4) is 0 Å². The summed E-state index contributed by atoms with van der Waals surface area (Å²) in [6.07, 6.45) is 0.750. The number of nitrogens with one attached hydrogen (secondary N) is 2. The summed E-state index contributed by atoms with van der Waals surface area (Å²) in [5, 5.41) is 5.46. The number of anilines is 2. The maximum absolute atomic E-state index is 12.3. The van der Waals surface area contributed by atoms with E-state index in [-0.39, 0.29) is 17.1 Å². The first-order chi connectivity index (χ1) is 10.6. The first-order valence-corrected chi connectivity index (χ1v) is 8.97. The molecule has 1 aliphatic heterocycles. The van der Waals surface area contributed by atoms with Crippen LogP contribution in [0.4, 0.5) is 11.4 Å². The average Bonchev–Trinajstić information content (AvgIpc) is 2.99. The second-order valence-electron chi connectivity index (χ2n) is 4.76. The van der Waals surface area contributed by atoms with Crippen molar-refractivity contribution in [2.24, 2.45) is 4.99 Å². The first kappa shape index (κ1) is 16.9. The van der Waals surface area contributed by atoms with E-state index >= 15 is 0 Å². The number of rotatable bonds is 5. The van der Waals surface area contributed by atoms with Gasteiger partial charge in [-0.15, -0.1) is 0 Å². The van der Waals surface area contributed by atoms with E-state index in [1.165, 1.54) is 18.7 Å². The Labute approximate surface area is 138 Å². The van der Waals surface area contributed by atoms with Crippen molar-refractivity contribution in [3.63, 3.8) is 0 Å². The normalized spacial score (nSPS) is 15.1. The second-order valence-corrected chi connectivity index (χ2v) is 7.29. The summed E-state index contributed by atoms with van der Waals surface area (Å²) in [5.41, 5.74) is 1.43. The van der Waals surface area contributed by atoms with Gasteiger partial charge in [-0.25, -0.2) is 0 Å². The monoisotopic (exact) mass is 337 g/mol. The summed E-state index contributed by atoms with van der Waals surface area (Å²) in [6, 6.07) is 7.09. The second kappa shape index (κ2) is 8.24. The smallest absolute Gasteiger partial charge is 0.237 e. The van der Waals surface area contributed by atoms with Crippen molar-refractivity contribution in [3.05, 3.63) is 24.3 Å². The third-order valence-electron chi connectivity index (χ3n) is 2.94. The van der Waals surface area contributed by atoms with Crippen LogP contribution in [0.5, 0.6) is 0 Å². The molecule has 5 nitrogen and oxygen atoms in total. The van der Waals surface area contributed by atoms with Gasteiger partial charge < -0.3 is 10.6 Å². The minimum absolute atomic E-state index is 0.0185. The van der Waals surface area contributed by atoms with Gasteiger partial charge in [0.2, 0.25) is 11.8 Å². The maximum atomic E-state index is 12.3. The van der Waals surface area contributed by atoms with Crippen molar-refractivity contribution < 1.29 is 9.59 Å². The molecule has 1 aromatic carbocycles. The van der Waals surface area contributed by atoms with E-state index in [4.69, 9.17) is 0 Å². The third kappa shape index (κ3) is 5.06. The average molecular weight is 337 g/mol. The number of aliphatic imine (C=N–C) groups is 1. The number of hydrogen-bond donors (Lipinski definition) is 2. The Hall–Kier alpha value is -1.47. The zero-order valence-electron chi connectivity index (χ0n) is 12.6. The van der Waals surface area contributed by atoms with Crippen LogP contribution < -0.4 is 10.6 Å². The molecule has 2 amide bonds. The molecule has 2 N–H and O–H groups in total. The van der Waals surface area contributed by atoms with Gasteiger partial charge in [-0.3, -0.25) is 14.6 Å². The summed E-state index contributed by atoms with van der Waals surface area (Å²) >= 11 is 3.25. The zero-order valence-corrected chi connectivity index (χ0v) is 14.2. The molecule has 0 unspecified atom stereocenters. The highest BCUT2D eigenvalue weighted by atomic mass is 32.2. The van der Waals surface area contributed by atoms with Gasteiger partial charge >= 0.3 is 0 Å². The summed E-state index contributed by atoms with van der Waals surface area (Å²) in [7, 11) is 0. The van der Waals surface area contributed by atoms with Gasteiger partial charge in [-0.2, -0.15) is 0 Å². The van der Waals surface area contributed by atoms with E-state index in [9.17, 15) is 9.59 Å². The van der Waals surface area contributed by atoms with Crippen LogP contribution in [0.3, 0.4) is 0 Å². The Bertz CT molecular complexity index is 573.